The van der Waals surface area contributed by atoms with Crippen molar-refractivity contribution in [3.63, 3.8) is 0 Å². The van der Waals surface area contributed by atoms with E-state index in [1.165, 1.54) is 0 Å². The van der Waals surface area contributed by atoms with Crippen LogP contribution in [0.3, 0.4) is 0 Å². The van der Waals surface area contributed by atoms with E-state index in [1.54, 1.807) is 0 Å². The number of hydrogen-bond acceptors (Lipinski definition) is 2. The number of carbonyl (C=O) groups is 1. The highest BCUT2D eigenvalue weighted by molar-refractivity contribution is 6.17. The van der Waals surface area contributed by atoms with Gasteiger partial charge in [-0.1, -0.05) is 30.3 Å². The van der Waals surface area contributed by atoms with Crippen molar-refractivity contribution >= 4 is 28.5 Å². The van der Waals surface area contributed by atoms with Crippen LogP contribution in [-0.2, 0) is 12.4 Å². The molecule has 4 nitrogen and oxygen atoms in total. The van der Waals surface area contributed by atoms with Gasteiger partial charge < -0.3 is 9.88 Å². The summed E-state index contributed by atoms with van der Waals surface area (Å²) in [4.78, 5) is 17.1. The number of nitrogens with one attached hydrogen (secondary N) is 1. The molecular formula is C18H16ClN3O. The van der Waals surface area contributed by atoms with E-state index in [9.17, 15) is 4.79 Å². The molecule has 0 spiro atoms. The molecule has 0 fully saturated rings. The average molecular weight is 326 g/mol. The van der Waals surface area contributed by atoms with Crippen molar-refractivity contribution in [2.24, 2.45) is 0 Å². The lowest BCUT2D eigenvalue weighted by atomic mass is 10.1. The minimum atomic E-state index is -0.0363. The highest BCUT2D eigenvalue weighted by Gasteiger charge is 2.24. The lowest BCUT2D eigenvalue weighted by Gasteiger charge is -2.13. The molecule has 2 heterocycles. The smallest absolute Gasteiger partial charge is 0.253 e. The Bertz CT molecular complexity index is 899. The molecule has 0 saturated carbocycles. The molecule has 5 heteroatoms. The number of alkyl halides is 1. The van der Waals surface area contributed by atoms with Crippen LogP contribution in [0.2, 0.25) is 0 Å². The van der Waals surface area contributed by atoms with E-state index >= 15 is 0 Å². The Labute approximate surface area is 139 Å². The Morgan fingerprint density at radius 3 is 2.78 bits per heavy atom. The monoisotopic (exact) mass is 325 g/mol. The van der Waals surface area contributed by atoms with Crippen LogP contribution in [-0.4, -0.2) is 21.5 Å². The standard InChI is InChI=1S/C18H16ClN3O/c1-11-10-22-16-14(18(23)20-11)3-2-4-15(16)21-17(22)13-7-5-12(9-19)6-8-13/h2-8,11H,9-10H2,1H3,(H,20,23)/t11-/m0/s1. The first-order chi connectivity index (χ1) is 11.2. The van der Waals surface area contributed by atoms with Crippen LogP contribution in [0.15, 0.2) is 42.5 Å². The maximum absolute atomic E-state index is 12.4. The van der Waals surface area contributed by atoms with E-state index in [2.05, 4.69) is 9.88 Å². The normalized spacial score (nSPS) is 17.1. The van der Waals surface area contributed by atoms with Crippen LogP contribution in [0.25, 0.3) is 22.4 Å². The highest BCUT2D eigenvalue weighted by atomic mass is 35.5. The van der Waals surface area contributed by atoms with Crippen molar-refractivity contribution in [3.05, 3.63) is 53.6 Å². The van der Waals surface area contributed by atoms with Crippen molar-refractivity contribution < 1.29 is 4.79 Å². The molecule has 0 saturated heterocycles. The van der Waals surface area contributed by atoms with E-state index in [4.69, 9.17) is 16.6 Å². The Balaban J connectivity index is 1.97. The quantitative estimate of drug-likeness (QED) is 0.732. The summed E-state index contributed by atoms with van der Waals surface area (Å²) in [5.74, 6) is 1.35. The van der Waals surface area contributed by atoms with Gasteiger partial charge in [0.05, 0.1) is 16.6 Å². The number of rotatable bonds is 2. The van der Waals surface area contributed by atoms with Gasteiger partial charge in [0.25, 0.3) is 5.91 Å². The van der Waals surface area contributed by atoms with Crippen molar-refractivity contribution in [3.8, 4) is 11.4 Å². The number of hydrogen-bond donors (Lipinski definition) is 1. The van der Waals surface area contributed by atoms with Gasteiger partial charge in [-0.05, 0) is 24.6 Å². The molecule has 0 radical (unpaired) electrons. The van der Waals surface area contributed by atoms with Crippen LogP contribution in [0.1, 0.15) is 22.8 Å². The third kappa shape index (κ3) is 2.30. The zero-order chi connectivity index (χ0) is 16.0. The van der Waals surface area contributed by atoms with Gasteiger partial charge in [-0.15, -0.1) is 11.6 Å². The maximum atomic E-state index is 12.4. The van der Waals surface area contributed by atoms with Crippen LogP contribution in [0.4, 0.5) is 0 Å². The second-order valence-electron chi connectivity index (χ2n) is 5.92. The molecule has 116 valence electrons. The first-order valence-corrected chi connectivity index (χ1v) is 8.16. The summed E-state index contributed by atoms with van der Waals surface area (Å²) in [6, 6.07) is 13.8. The molecule has 1 aliphatic rings. The summed E-state index contributed by atoms with van der Waals surface area (Å²) in [6.07, 6.45) is 0. The van der Waals surface area contributed by atoms with Crippen LogP contribution >= 0.6 is 11.6 Å². The Kier molecular flexibility index (Phi) is 3.34. The summed E-state index contributed by atoms with van der Waals surface area (Å²) in [5.41, 5.74) is 4.55. The number of amides is 1. The third-order valence-corrected chi connectivity index (χ3v) is 4.52. The topological polar surface area (TPSA) is 46.9 Å². The van der Waals surface area contributed by atoms with E-state index in [-0.39, 0.29) is 11.9 Å². The molecule has 1 atom stereocenters. The fourth-order valence-electron chi connectivity index (χ4n) is 3.13. The van der Waals surface area contributed by atoms with E-state index < -0.39 is 0 Å². The van der Waals surface area contributed by atoms with Gasteiger partial charge in [0, 0.05) is 24.0 Å². The van der Waals surface area contributed by atoms with Crippen molar-refractivity contribution in [2.75, 3.05) is 0 Å². The van der Waals surface area contributed by atoms with E-state index in [1.807, 2.05) is 49.4 Å². The predicted molar refractivity (Wildman–Crippen MR) is 91.7 cm³/mol. The predicted octanol–water partition coefficient (Wildman–Crippen LogP) is 3.57. The number of halogens is 1. The van der Waals surface area contributed by atoms with Gasteiger partial charge in [0.15, 0.2) is 0 Å². The average Bonchev–Trinajstić information content (AvgIpc) is 2.86. The van der Waals surface area contributed by atoms with Gasteiger partial charge in [-0.25, -0.2) is 4.98 Å². The fourth-order valence-corrected chi connectivity index (χ4v) is 3.31. The minimum Gasteiger partial charge on any atom is -0.348 e. The molecular weight excluding hydrogens is 310 g/mol. The third-order valence-electron chi connectivity index (χ3n) is 4.21. The van der Waals surface area contributed by atoms with Crippen LogP contribution in [0.5, 0.6) is 0 Å². The van der Waals surface area contributed by atoms with Gasteiger partial charge in [0.1, 0.15) is 5.82 Å². The molecule has 0 aliphatic carbocycles. The van der Waals surface area contributed by atoms with Crippen molar-refractivity contribution in [1.29, 1.82) is 0 Å². The van der Waals surface area contributed by atoms with Crippen molar-refractivity contribution in [2.45, 2.75) is 25.4 Å². The van der Waals surface area contributed by atoms with Gasteiger partial charge in [-0.2, -0.15) is 0 Å². The minimum absolute atomic E-state index is 0.0363. The maximum Gasteiger partial charge on any atom is 0.253 e. The molecule has 3 aromatic rings. The summed E-state index contributed by atoms with van der Waals surface area (Å²) in [5, 5.41) is 3.03. The van der Waals surface area contributed by atoms with Gasteiger partial charge >= 0.3 is 0 Å². The van der Waals surface area contributed by atoms with Crippen molar-refractivity contribution in [1.82, 2.24) is 14.9 Å². The Hall–Kier alpha value is -2.33. The highest BCUT2D eigenvalue weighted by Crippen LogP contribution is 2.29. The lowest BCUT2D eigenvalue weighted by Crippen LogP contribution is -2.33. The summed E-state index contributed by atoms with van der Waals surface area (Å²) < 4.78 is 2.14. The molecule has 1 N–H and O–H groups in total. The molecule has 1 aromatic heterocycles. The molecule has 1 amide bonds. The second-order valence-corrected chi connectivity index (χ2v) is 6.19. The van der Waals surface area contributed by atoms with E-state index in [0.29, 0.717) is 18.0 Å². The first-order valence-electron chi connectivity index (χ1n) is 7.63. The van der Waals surface area contributed by atoms with Gasteiger partial charge in [0.2, 0.25) is 0 Å². The summed E-state index contributed by atoms with van der Waals surface area (Å²) in [7, 11) is 0. The summed E-state index contributed by atoms with van der Waals surface area (Å²) >= 11 is 5.87. The zero-order valence-electron chi connectivity index (χ0n) is 12.7. The van der Waals surface area contributed by atoms with Gasteiger partial charge in [-0.3, -0.25) is 4.79 Å². The number of aromatic nitrogens is 2. The SMILES string of the molecule is C[C@H]1Cn2c(-c3ccc(CCl)cc3)nc3cccc(c32)C(=O)N1. The molecule has 2 aromatic carbocycles. The molecule has 23 heavy (non-hydrogen) atoms. The number of carbonyl (C=O) groups excluding carboxylic acids is 1. The second kappa shape index (κ2) is 5.39. The number of nitrogens with zero attached hydrogens (tertiary/aromatic N) is 2. The Morgan fingerprint density at radius 2 is 2.04 bits per heavy atom. The number of imidazole rings is 1. The number of para-hydroxylation sites is 1. The van der Waals surface area contributed by atoms with Crippen LogP contribution in [0, 0.1) is 0 Å². The fraction of sp³-hybridized carbons (Fsp3) is 0.222. The van der Waals surface area contributed by atoms with E-state index in [0.717, 1.165) is 28.0 Å². The molecule has 0 bridgehead atoms. The Morgan fingerprint density at radius 1 is 1.26 bits per heavy atom. The zero-order valence-corrected chi connectivity index (χ0v) is 13.5. The molecule has 4 rings (SSSR count). The largest absolute Gasteiger partial charge is 0.348 e. The molecule has 0 unspecified atom stereocenters. The number of benzene rings is 2. The lowest BCUT2D eigenvalue weighted by molar-refractivity contribution is 0.0942. The summed E-state index contributed by atoms with van der Waals surface area (Å²) in [6.45, 7) is 2.71. The first kappa shape index (κ1) is 14.3. The molecule has 1 aliphatic heterocycles. The van der Waals surface area contributed by atoms with Crippen LogP contribution < -0.4 is 5.32 Å².